The molecule has 0 aromatic carbocycles. The molecule has 0 unspecified atom stereocenters. The molecule has 12 heteroatoms. The third-order valence-corrected chi connectivity index (χ3v) is 11.8. The number of H-pyrrole nitrogens is 2. The number of hydrogen-bond acceptors (Lipinski definition) is 10. The number of ether oxygens (including phenoxy) is 4. The van der Waals surface area contributed by atoms with Gasteiger partial charge in [-0.3, -0.25) is 19.2 Å². The van der Waals surface area contributed by atoms with E-state index < -0.39 is 10.8 Å². The van der Waals surface area contributed by atoms with Crippen LogP contribution in [0.3, 0.4) is 0 Å². The predicted octanol–water partition coefficient (Wildman–Crippen LogP) is 9.51. The first-order chi connectivity index (χ1) is 28.2. The summed E-state index contributed by atoms with van der Waals surface area (Å²) in [7, 11) is 5.57. The van der Waals surface area contributed by atoms with Gasteiger partial charge in [0.2, 0.25) is 0 Å². The van der Waals surface area contributed by atoms with Crippen LogP contribution in [0, 0.1) is 13.8 Å². The summed E-state index contributed by atoms with van der Waals surface area (Å²) in [5, 5.41) is 0. The first-order valence-corrected chi connectivity index (χ1v) is 20.6. The Bertz CT molecular complexity index is 2300. The summed E-state index contributed by atoms with van der Waals surface area (Å²) in [6, 6.07) is 4.08. The van der Waals surface area contributed by atoms with Gasteiger partial charge in [-0.25, -0.2) is 9.97 Å². The molecule has 2 N–H and O–H groups in total. The summed E-state index contributed by atoms with van der Waals surface area (Å²) < 4.78 is 20.3. The number of allylic oxidation sites excluding steroid dienone is 4. The minimum absolute atomic E-state index is 0.162. The highest BCUT2D eigenvalue weighted by Gasteiger charge is 2.32. The maximum Gasteiger partial charge on any atom is 0.305 e. The Labute approximate surface area is 353 Å². The van der Waals surface area contributed by atoms with E-state index in [0.29, 0.717) is 37.1 Å². The Morgan fingerprint density at radius 2 is 0.833 bits per heavy atom. The van der Waals surface area contributed by atoms with E-state index in [2.05, 4.69) is 71.4 Å². The van der Waals surface area contributed by atoms with Crippen molar-refractivity contribution >= 4 is 68.2 Å². The van der Waals surface area contributed by atoms with Gasteiger partial charge in [-0.2, -0.15) is 0 Å². The lowest BCUT2D eigenvalue weighted by Crippen LogP contribution is -2.15. The van der Waals surface area contributed by atoms with Crippen LogP contribution in [0.5, 0.6) is 0 Å². The number of aryl methyl sites for hydroxylation is 4. The molecule has 0 aliphatic carbocycles. The van der Waals surface area contributed by atoms with Crippen molar-refractivity contribution in [2.45, 2.75) is 131 Å². The molecule has 5 rings (SSSR count). The fraction of sp³-hybridized carbons (Fsp3) is 0.500. The number of fused-ring (bicyclic) bond motifs is 8. The fourth-order valence-electron chi connectivity index (χ4n) is 8.56. The molecule has 8 bridgehead atoms. The van der Waals surface area contributed by atoms with Gasteiger partial charge in [0, 0.05) is 58.9 Å². The van der Waals surface area contributed by atoms with Crippen molar-refractivity contribution in [3.8, 4) is 0 Å². The lowest BCUT2D eigenvalue weighted by atomic mass is 9.82. The molecule has 0 saturated heterocycles. The highest BCUT2D eigenvalue weighted by molar-refractivity contribution is 5.98. The van der Waals surface area contributed by atoms with Gasteiger partial charge >= 0.3 is 23.9 Å². The molecule has 0 radical (unpaired) electrons. The second-order valence-electron chi connectivity index (χ2n) is 17.8. The largest absolute Gasteiger partial charge is 0.469 e. The number of nitrogens with one attached hydrogen (secondary N) is 2. The molecule has 0 saturated carbocycles. The maximum absolute atomic E-state index is 12.6. The lowest BCUT2D eigenvalue weighted by molar-refractivity contribution is -0.141. The first-order valence-electron chi connectivity index (χ1n) is 20.6. The van der Waals surface area contributed by atoms with E-state index in [4.69, 9.17) is 28.9 Å². The van der Waals surface area contributed by atoms with Gasteiger partial charge in [0.25, 0.3) is 0 Å². The molecule has 3 aromatic rings. The zero-order valence-electron chi connectivity index (χ0n) is 38.0. The summed E-state index contributed by atoms with van der Waals surface area (Å²) in [5.41, 5.74) is 15.0. The molecule has 0 amide bonds. The van der Waals surface area contributed by atoms with E-state index >= 15 is 0 Å². The smallest absolute Gasteiger partial charge is 0.305 e. The lowest BCUT2D eigenvalue weighted by Gasteiger charge is -2.22. The van der Waals surface area contributed by atoms with Crippen molar-refractivity contribution in [1.82, 2.24) is 19.9 Å². The Hall–Kier alpha value is -5.52. The molecule has 5 heterocycles. The van der Waals surface area contributed by atoms with Crippen LogP contribution < -0.4 is 0 Å². The van der Waals surface area contributed by atoms with Crippen molar-refractivity contribution in [2.24, 2.45) is 0 Å². The summed E-state index contributed by atoms with van der Waals surface area (Å²) in [6.07, 6.45) is 2.31. The van der Waals surface area contributed by atoms with Gasteiger partial charge < -0.3 is 28.9 Å². The predicted molar refractivity (Wildman–Crippen MR) is 236 cm³/mol. The van der Waals surface area contributed by atoms with E-state index in [9.17, 15) is 19.2 Å². The Kier molecular flexibility index (Phi) is 13.7. The molecule has 3 aromatic heterocycles. The van der Waals surface area contributed by atoms with Crippen molar-refractivity contribution in [3.05, 3.63) is 68.3 Å². The molecular weight excluding hydrogens is 761 g/mol. The van der Waals surface area contributed by atoms with E-state index in [-0.39, 0.29) is 49.6 Å². The fourth-order valence-corrected chi connectivity index (χ4v) is 8.56. The molecule has 60 heavy (non-hydrogen) atoms. The van der Waals surface area contributed by atoms with Gasteiger partial charge in [-0.15, -0.1) is 0 Å². The molecule has 0 fully saturated rings. The van der Waals surface area contributed by atoms with Gasteiger partial charge in [-0.1, -0.05) is 41.5 Å². The zero-order valence-corrected chi connectivity index (χ0v) is 38.0. The average Bonchev–Trinajstić information content (AvgIpc) is 3.86. The zero-order chi connectivity index (χ0) is 44.4. The second-order valence-corrected chi connectivity index (χ2v) is 17.8. The average molecular weight is 823 g/mol. The van der Waals surface area contributed by atoms with E-state index in [1.807, 2.05) is 19.9 Å². The quantitative estimate of drug-likeness (QED) is 0.133. The van der Waals surface area contributed by atoms with Gasteiger partial charge in [0.15, 0.2) is 0 Å². The van der Waals surface area contributed by atoms with Crippen molar-refractivity contribution < 1.29 is 38.1 Å². The van der Waals surface area contributed by atoms with Gasteiger partial charge in [-0.05, 0) is 121 Å². The van der Waals surface area contributed by atoms with Crippen molar-refractivity contribution in [1.29, 1.82) is 0 Å². The Balaban J connectivity index is 2.11. The van der Waals surface area contributed by atoms with Crippen LogP contribution in [-0.4, -0.2) is 72.3 Å². The summed E-state index contributed by atoms with van der Waals surface area (Å²) in [5.74, 6) is -1.27. The van der Waals surface area contributed by atoms with Gasteiger partial charge in [0.05, 0.1) is 51.2 Å². The number of methoxy groups -OCH3 is 4. The molecule has 2 aliphatic heterocycles. The van der Waals surface area contributed by atoms with Crippen LogP contribution in [0.15, 0.2) is 12.1 Å². The number of nitrogens with zero attached hydrogens (tertiary/aromatic N) is 2. The SMILES string of the molecule is COC(=O)CCC1=C(C)c2nc1cc1nc(c(C(C)(C)C)c3[nH]c(cc4[nH]c(c(C)c4CCC(=O)OC)c2C(C)(C)C)c(CCC(=O)OC)c3C)C(C)=C1CCC(=O)OC. The Morgan fingerprint density at radius 1 is 0.517 bits per heavy atom. The van der Waals surface area contributed by atoms with E-state index in [0.717, 1.165) is 89.1 Å². The minimum Gasteiger partial charge on any atom is -0.469 e. The first kappa shape index (κ1) is 45.6. The van der Waals surface area contributed by atoms with Crippen LogP contribution in [0.25, 0.3) is 44.4 Å². The molecule has 322 valence electrons. The molecular formula is C48H62N4O8. The second kappa shape index (κ2) is 18.0. The van der Waals surface area contributed by atoms with Crippen LogP contribution in [0.2, 0.25) is 0 Å². The third kappa shape index (κ3) is 9.27. The maximum atomic E-state index is 12.6. The van der Waals surface area contributed by atoms with Crippen LogP contribution in [0.1, 0.15) is 150 Å². The summed E-state index contributed by atoms with van der Waals surface area (Å²) in [6.45, 7) is 21.1. The number of carbonyl (C=O) groups is 4. The van der Waals surface area contributed by atoms with Crippen LogP contribution in [-0.2, 0) is 61.8 Å². The number of hydrogen-bond donors (Lipinski definition) is 2. The van der Waals surface area contributed by atoms with Crippen LogP contribution >= 0.6 is 0 Å². The monoisotopic (exact) mass is 822 g/mol. The molecule has 12 nitrogen and oxygen atoms in total. The van der Waals surface area contributed by atoms with E-state index in [1.54, 1.807) is 0 Å². The van der Waals surface area contributed by atoms with Gasteiger partial charge in [0.1, 0.15) is 0 Å². The normalized spacial score (nSPS) is 13.2. The van der Waals surface area contributed by atoms with Crippen LogP contribution in [0.4, 0.5) is 0 Å². The number of carbonyl (C=O) groups excluding carboxylic acids is 4. The number of aromatic nitrogens is 4. The number of aromatic amines is 2. The highest BCUT2D eigenvalue weighted by atomic mass is 16.5. The summed E-state index contributed by atoms with van der Waals surface area (Å²) >= 11 is 0. The van der Waals surface area contributed by atoms with Crippen molar-refractivity contribution in [3.63, 3.8) is 0 Å². The number of rotatable bonds is 12. The standard InChI is InChI=1S/C48H62N4O8/c1-25-29(15-19-37(53)57-11)33-23-34-31(17-21-39(55)59-13)27(3)45(51-34)42(48(8,9)10)46-28(4)32(18-22-40(56)60-14)36(52-46)24-35-30(16-20-38(54)58-12)26(2)44(50-35)41(43(25)49-33)47(5,6)7/h23-24,49,51H,15-22H2,1-14H3. The summed E-state index contributed by atoms with van der Waals surface area (Å²) in [4.78, 5) is 69.0. The molecule has 2 aliphatic rings. The molecule has 0 spiro atoms. The highest BCUT2D eigenvalue weighted by Crippen LogP contribution is 2.44. The van der Waals surface area contributed by atoms with Crippen molar-refractivity contribution in [2.75, 3.05) is 28.4 Å². The third-order valence-electron chi connectivity index (χ3n) is 11.8. The molecule has 0 atom stereocenters. The van der Waals surface area contributed by atoms with E-state index in [1.165, 1.54) is 28.4 Å². The minimum atomic E-state index is -0.437. The number of esters is 4. The topological polar surface area (TPSA) is 163 Å². The Morgan fingerprint density at radius 3 is 1.13 bits per heavy atom.